The van der Waals surface area contributed by atoms with Crippen molar-refractivity contribution in [3.63, 3.8) is 0 Å². The molecule has 0 amide bonds. The highest BCUT2D eigenvalue weighted by Gasteiger charge is 2.35. The van der Waals surface area contributed by atoms with E-state index in [1.165, 1.54) is 12.8 Å². The average Bonchev–Trinajstić information content (AvgIpc) is 3.29. The van der Waals surface area contributed by atoms with Crippen LogP contribution in [0.5, 0.6) is 5.75 Å². The predicted octanol–water partition coefficient (Wildman–Crippen LogP) is 4.28. The summed E-state index contributed by atoms with van der Waals surface area (Å²) in [6.07, 6.45) is 2.35. The fourth-order valence-corrected chi connectivity index (χ4v) is 4.79. The first-order chi connectivity index (χ1) is 15.5. The molecule has 1 aliphatic rings. The third-order valence-electron chi connectivity index (χ3n) is 6.24. The van der Waals surface area contributed by atoms with Gasteiger partial charge in [0, 0.05) is 38.2 Å². The molecule has 1 fully saturated rings. The Morgan fingerprint density at radius 2 is 1.75 bits per heavy atom. The molecule has 32 heavy (non-hydrogen) atoms. The van der Waals surface area contributed by atoms with Crippen molar-refractivity contribution in [3.05, 3.63) is 76.1 Å². The molecule has 0 radical (unpaired) electrons. The second kappa shape index (κ2) is 9.57. The highest BCUT2D eigenvalue weighted by Crippen LogP contribution is 2.39. The van der Waals surface area contributed by atoms with E-state index in [1.54, 1.807) is 23.2 Å². The molecule has 6 nitrogen and oxygen atoms in total. The van der Waals surface area contributed by atoms with Crippen LogP contribution in [0.15, 0.2) is 68.9 Å². The molecule has 0 saturated carbocycles. The molecule has 0 bridgehead atoms. The molecule has 4 rings (SSSR count). The Kier molecular flexibility index (Phi) is 6.61. The van der Waals surface area contributed by atoms with E-state index < -0.39 is 5.63 Å². The second-order valence-electron chi connectivity index (χ2n) is 8.74. The van der Waals surface area contributed by atoms with Crippen molar-refractivity contribution in [2.45, 2.75) is 25.7 Å². The van der Waals surface area contributed by atoms with E-state index in [-0.39, 0.29) is 17.6 Å². The average molecular weight is 434 g/mol. The lowest BCUT2D eigenvalue weighted by Crippen LogP contribution is -2.36. The summed E-state index contributed by atoms with van der Waals surface area (Å²) in [6.45, 7) is 4.84. The molecule has 1 N–H and O–H groups in total. The van der Waals surface area contributed by atoms with Gasteiger partial charge in [0.2, 0.25) is 0 Å². The zero-order chi connectivity index (χ0) is 22.7. The largest absolute Gasteiger partial charge is 0.507 e. The molecule has 0 aliphatic carbocycles. The summed E-state index contributed by atoms with van der Waals surface area (Å²) in [4.78, 5) is 15.7. The number of aromatic hydroxyl groups is 1. The number of hydrogen-bond acceptors (Lipinski definition) is 6. The lowest BCUT2D eigenvalue weighted by atomic mass is 9.78. The molecule has 1 saturated heterocycles. The molecule has 1 aliphatic heterocycles. The number of nitrogens with zero attached hydrogens (tertiary/aromatic N) is 3. The standard InChI is InChI=1S/C26H31N3O3/c1-18(27-28(2)3)21(17-29-15-9-10-16-29)23(19-11-5-4-6-12-19)24-25(30)20-13-7-8-14-22(20)32-26(24)31/h4-8,11-14,21,23,30H,9-10,15-17H2,1-3H3/b27-18-/t21-,23+/m1/s1. The van der Waals surface area contributed by atoms with Crippen LogP contribution < -0.4 is 5.63 Å². The van der Waals surface area contributed by atoms with Gasteiger partial charge >= 0.3 is 5.63 Å². The number of rotatable bonds is 7. The minimum absolute atomic E-state index is 0.00484. The predicted molar refractivity (Wildman–Crippen MR) is 128 cm³/mol. The van der Waals surface area contributed by atoms with Crippen molar-refractivity contribution in [3.8, 4) is 5.75 Å². The third kappa shape index (κ3) is 4.55. The number of fused-ring (bicyclic) bond motifs is 1. The van der Waals surface area contributed by atoms with Crippen LogP contribution in [0.2, 0.25) is 0 Å². The van der Waals surface area contributed by atoms with E-state index in [0.717, 1.165) is 30.9 Å². The normalized spacial score (nSPS) is 16.9. The Morgan fingerprint density at radius 1 is 1.09 bits per heavy atom. The van der Waals surface area contributed by atoms with Gasteiger partial charge in [0.25, 0.3) is 0 Å². The maximum Gasteiger partial charge on any atom is 0.343 e. The zero-order valence-corrected chi connectivity index (χ0v) is 19.0. The summed E-state index contributed by atoms with van der Waals surface area (Å²) in [7, 11) is 3.80. The molecule has 168 valence electrons. The first-order valence-electron chi connectivity index (χ1n) is 11.2. The Morgan fingerprint density at radius 3 is 2.44 bits per heavy atom. The number of hydrogen-bond donors (Lipinski definition) is 1. The molecule has 2 atom stereocenters. The van der Waals surface area contributed by atoms with Crippen molar-refractivity contribution >= 4 is 16.7 Å². The van der Waals surface area contributed by atoms with Gasteiger partial charge in [-0.2, -0.15) is 5.10 Å². The molecule has 0 spiro atoms. The van der Waals surface area contributed by atoms with E-state index in [0.29, 0.717) is 16.5 Å². The van der Waals surface area contributed by atoms with E-state index >= 15 is 0 Å². The Bertz CT molecular complexity index is 1150. The fourth-order valence-electron chi connectivity index (χ4n) is 4.79. The lowest BCUT2D eigenvalue weighted by molar-refractivity contribution is 0.293. The maximum absolute atomic E-state index is 13.3. The quantitative estimate of drug-likeness (QED) is 0.342. The molecule has 6 heteroatoms. The van der Waals surface area contributed by atoms with Crippen LogP contribution in [0.25, 0.3) is 11.0 Å². The third-order valence-corrected chi connectivity index (χ3v) is 6.24. The second-order valence-corrected chi connectivity index (χ2v) is 8.74. The van der Waals surface area contributed by atoms with Crippen LogP contribution in [-0.2, 0) is 0 Å². The summed E-state index contributed by atoms with van der Waals surface area (Å²) in [5.41, 5.74) is 2.07. The maximum atomic E-state index is 13.3. The molecule has 3 aromatic rings. The number of likely N-dealkylation sites (tertiary alicyclic amines) is 1. The number of benzene rings is 2. The molecule has 1 aromatic heterocycles. The van der Waals surface area contributed by atoms with Gasteiger partial charge < -0.3 is 19.4 Å². The molecule has 2 heterocycles. The van der Waals surface area contributed by atoms with Gasteiger partial charge in [0.15, 0.2) is 0 Å². The highest BCUT2D eigenvalue weighted by molar-refractivity contribution is 5.88. The van der Waals surface area contributed by atoms with Crippen LogP contribution in [0.4, 0.5) is 0 Å². The molecule has 2 aromatic carbocycles. The van der Waals surface area contributed by atoms with Gasteiger partial charge in [0.1, 0.15) is 11.3 Å². The Balaban J connectivity index is 1.93. The van der Waals surface area contributed by atoms with Crippen LogP contribution >= 0.6 is 0 Å². The van der Waals surface area contributed by atoms with Gasteiger partial charge in [-0.25, -0.2) is 4.79 Å². The van der Waals surface area contributed by atoms with Gasteiger partial charge in [-0.15, -0.1) is 0 Å². The minimum atomic E-state index is -0.501. The van der Waals surface area contributed by atoms with Crippen molar-refractivity contribution in [2.24, 2.45) is 11.0 Å². The van der Waals surface area contributed by atoms with Crippen molar-refractivity contribution in [1.29, 1.82) is 0 Å². The van der Waals surface area contributed by atoms with E-state index in [2.05, 4.69) is 4.90 Å². The van der Waals surface area contributed by atoms with Gasteiger partial charge in [-0.1, -0.05) is 42.5 Å². The molecule has 0 unspecified atom stereocenters. The number of hydrazone groups is 1. The summed E-state index contributed by atoms with van der Waals surface area (Å²) >= 11 is 0. The van der Waals surface area contributed by atoms with Crippen LogP contribution in [0, 0.1) is 5.92 Å². The SMILES string of the molecule is C/C(=N/N(C)C)[C@@H](CN1CCCC1)[C@H](c1ccccc1)c1c(O)c2ccccc2oc1=O. The van der Waals surface area contributed by atoms with E-state index in [1.807, 2.05) is 57.4 Å². The highest BCUT2D eigenvalue weighted by atomic mass is 16.4. The first-order valence-corrected chi connectivity index (χ1v) is 11.2. The summed E-state index contributed by atoms with van der Waals surface area (Å²) in [6, 6.07) is 17.0. The first kappa shape index (κ1) is 22.1. The zero-order valence-electron chi connectivity index (χ0n) is 19.0. The van der Waals surface area contributed by atoms with Crippen LogP contribution in [-0.4, -0.2) is 54.5 Å². The Hall–Kier alpha value is -3.12. The van der Waals surface area contributed by atoms with Crippen molar-refractivity contribution in [1.82, 2.24) is 9.91 Å². The van der Waals surface area contributed by atoms with E-state index in [4.69, 9.17) is 9.52 Å². The number of para-hydroxylation sites is 1. The van der Waals surface area contributed by atoms with Gasteiger partial charge in [0.05, 0.1) is 10.9 Å². The Labute approximate surface area is 188 Å². The fraction of sp³-hybridized carbons (Fsp3) is 0.385. The summed E-state index contributed by atoms with van der Waals surface area (Å²) in [5, 5.41) is 18.4. The van der Waals surface area contributed by atoms with Crippen molar-refractivity contribution in [2.75, 3.05) is 33.7 Å². The lowest BCUT2D eigenvalue weighted by Gasteiger charge is -2.31. The molecular weight excluding hydrogens is 402 g/mol. The van der Waals surface area contributed by atoms with Gasteiger partial charge in [-0.05, 0) is 50.6 Å². The van der Waals surface area contributed by atoms with E-state index in [9.17, 15) is 9.90 Å². The van der Waals surface area contributed by atoms with Crippen molar-refractivity contribution < 1.29 is 9.52 Å². The van der Waals surface area contributed by atoms with Crippen LogP contribution in [0.3, 0.4) is 0 Å². The van der Waals surface area contributed by atoms with Gasteiger partial charge in [-0.3, -0.25) is 0 Å². The summed E-state index contributed by atoms with van der Waals surface area (Å²) < 4.78 is 5.68. The topological polar surface area (TPSA) is 69.3 Å². The van der Waals surface area contributed by atoms with Crippen LogP contribution in [0.1, 0.15) is 36.8 Å². The minimum Gasteiger partial charge on any atom is -0.507 e. The molecular formula is C26H31N3O3. The monoisotopic (exact) mass is 433 g/mol. The smallest absolute Gasteiger partial charge is 0.343 e. The summed E-state index contributed by atoms with van der Waals surface area (Å²) in [5.74, 6) is -0.496.